The molecule has 1 N–H and O–H groups in total. The van der Waals surface area contributed by atoms with E-state index >= 15 is 0 Å². The Kier molecular flexibility index (Phi) is 4.81. The van der Waals surface area contributed by atoms with Gasteiger partial charge in [-0.15, -0.1) is 0 Å². The minimum atomic E-state index is 0.109. The van der Waals surface area contributed by atoms with E-state index in [4.69, 9.17) is 9.47 Å². The van der Waals surface area contributed by atoms with Gasteiger partial charge in [0.05, 0.1) is 18.7 Å². The molecule has 2 aromatic heterocycles. The van der Waals surface area contributed by atoms with Gasteiger partial charge in [0.25, 0.3) is 0 Å². The molecular formula is C19H18BrN3O2. The monoisotopic (exact) mass is 399 g/mol. The molecule has 25 heavy (non-hydrogen) atoms. The molecule has 1 unspecified atom stereocenters. The molecule has 1 aliphatic rings. The van der Waals surface area contributed by atoms with Crippen LogP contribution in [0.3, 0.4) is 0 Å². The van der Waals surface area contributed by atoms with Crippen LogP contribution in [-0.4, -0.2) is 29.3 Å². The lowest BCUT2D eigenvalue weighted by Crippen LogP contribution is -2.16. The van der Waals surface area contributed by atoms with Crippen molar-refractivity contribution in [2.45, 2.75) is 19.1 Å². The molecule has 3 aromatic rings. The first-order valence-electron chi connectivity index (χ1n) is 8.25. The predicted octanol–water partition coefficient (Wildman–Crippen LogP) is 4.17. The van der Waals surface area contributed by atoms with Crippen molar-refractivity contribution in [3.8, 4) is 5.88 Å². The second-order valence-corrected chi connectivity index (χ2v) is 6.89. The number of pyridine rings is 2. The summed E-state index contributed by atoms with van der Waals surface area (Å²) in [5, 5.41) is 4.57. The van der Waals surface area contributed by atoms with Gasteiger partial charge in [-0.05, 0) is 35.9 Å². The van der Waals surface area contributed by atoms with E-state index in [9.17, 15) is 0 Å². The largest absolute Gasteiger partial charge is 0.472 e. The highest BCUT2D eigenvalue weighted by molar-refractivity contribution is 9.10. The Hall–Kier alpha value is -2.18. The number of nitrogens with one attached hydrogen (secondary N) is 1. The van der Waals surface area contributed by atoms with Gasteiger partial charge in [0.1, 0.15) is 6.10 Å². The zero-order valence-electron chi connectivity index (χ0n) is 13.6. The molecule has 0 spiro atoms. The molecule has 1 aliphatic heterocycles. The molecule has 0 amide bonds. The van der Waals surface area contributed by atoms with Crippen molar-refractivity contribution in [3.05, 3.63) is 58.8 Å². The summed E-state index contributed by atoms with van der Waals surface area (Å²) in [6, 6.07) is 12.0. The van der Waals surface area contributed by atoms with Crippen molar-refractivity contribution in [2.24, 2.45) is 0 Å². The third kappa shape index (κ3) is 3.91. The second kappa shape index (κ2) is 7.37. The van der Waals surface area contributed by atoms with Gasteiger partial charge in [0.15, 0.2) is 0 Å². The fourth-order valence-electron chi connectivity index (χ4n) is 2.87. The van der Waals surface area contributed by atoms with Crippen molar-refractivity contribution in [1.82, 2.24) is 9.97 Å². The number of hydrogen-bond donors (Lipinski definition) is 1. The summed E-state index contributed by atoms with van der Waals surface area (Å²) in [6.07, 6.45) is 4.63. The van der Waals surface area contributed by atoms with Crippen LogP contribution in [0.2, 0.25) is 0 Å². The average molecular weight is 400 g/mol. The molecule has 128 valence electrons. The normalized spacial score (nSPS) is 16.9. The van der Waals surface area contributed by atoms with Crippen molar-refractivity contribution in [3.63, 3.8) is 0 Å². The van der Waals surface area contributed by atoms with E-state index in [2.05, 4.69) is 37.3 Å². The minimum absolute atomic E-state index is 0.109. The van der Waals surface area contributed by atoms with Crippen LogP contribution >= 0.6 is 15.9 Å². The van der Waals surface area contributed by atoms with Gasteiger partial charge < -0.3 is 14.8 Å². The highest BCUT2D eigenvalue weighted by Crippen LogP contribution is 2.25. The average Bonchev–Trinajstić information content (AvgIpc) is 3.13. The number of ether oxygens (including phenoxy) is 2. The number of fused-ring (bicyclic) bond motifs is 1. The Bertz CT molecular complexity index is 881. The molecule has 0 aliphatic carbocycles. The molecular weight excluding hydrogens is 382 g/mol. The number of nitrogens with zero attached hydrogens (tertiary/aromatic N) is 2. The zero-order chi connectivity index (χ0) is 17.1. The van der Waals surface area contributed by atoms with Gasteiger partial charge in [0, 0.05) is 47.0 Å². The first kappa shape index (κ1) is 16.3. The third-order valence-corrected chi connectivity index (χ3v) is 4.65. The lowest BCUT2D eigenvalue weighted by Gasteiger charge is -2.13. The van der Waals surface area contributed by atoms with Crippen LogP contribution in [0.1, 0.15) is 12.0 Å². The van der Waals surface area contributed by atoms with Crippen LogP contribution in [0.25, 0.3) is 10.9 Å². The molecule has 1 saturated heterocycles. The van der Waals surface area contributed by atoms with Crippen LogP contribution in [0.15, 0.2) is 53.3 Å². The predicted molar refractivity (Wildman–Crippen MR) is 101 cm³/mol. The third-order valence-electron chi connectivity index (χ3n) is 4.16. The van der Waals surface area contributed by atoms with Gasteiger partial charge in [0.2, 0.25) is 5.88 Å². The Morgan fingerprint density at radius 1 is 1.16 bits per heavy atom. The topological polar surface area (TPSA) is 56.3 Å². The Morgan fingerprint density at radius 2 is 2.08 bits per heavy atom. The van der Waals surface area contributed by atoms with Crippen LogP contribution in [0.5, 0.6) is 5.88 Å². The molecule has 0 saturated carbocycles. The van der Waals surface area contributed by atoms with Crippen LogP contribution in [0, 0.1) is 0 Å². The number of rotatable bonds is 5. The maximum absolute atomic E-state index is 5.87. The number of anilines is 1. The standard InChI is InChI=1S/C19H18BrN3O2/c20-14-1-2-17-16(10-14)18(4-7-21-17)23-11-13-3-6-22-19(9-13)25-15-5-8-24-12-15/h1-4,6-7,9-10,15H,5,8,11-12H2,(H,21,23). The zero-order valence-corrected chi connectivity index (χ0v) is 15.2. The molecule has 6 heteroatoms. The molecule has 5 nitrogen and oxygen atoms in total. The number of benzene rings is 1. The van der Waals surface area contributed by atoms with E-state index in [1.165, 1.54) is 0 Å². The minimum Gasteiger partial charge on any atom is -0.472 e. The van der Waals surface area contributed by atoms with E-state index in [-0.39, 0.29) is 6.10 Å². The molecule has 1 aromatic carbocycles. The fourth-order valence-corrected chi connectivity index (χ4v) is 3.23. The first-order valence-corrected chi connectivity index (χ1v) is 9.05. The van der Waals surface area contributed by atoms with Gasteiger partial charge in [-0.3, -0.25) is 4.98 Å². The fraction of sp³-hybridized carbons (Fsp3) is 0.263. The molecule has 4 rings (SSSR count). The van der Waals surface area contributed by atoms with Crippen molar-refractivity contribution in [2.75, 3.05) is 18.5 Å². The van der Waals surface area contributed by atoms with E-state index in [1.54, 1.807) is 6.20 Å². The van der Waals surface area contributed by atoms with Gasteiger partial charge >= 0.3 is 0 Å². The van der Waals surface area contributed by atoms with Crippen molar-refractivity contribution in [1.29, 1.82) is 0 Å². The van der Waals surface area contributed by atoms with Gasteiger partial charge in [-0.25, -0.2) is 4.98 Å². The van der Waals surface area contributed by atoms with E-state index < -0.39 is 0 Å². The summed E-state index contributed by atoms with van der Waals surface area (Å²) < 4.78 is 12.3. The van der Waals surface area contributed by atoms with Gasteiger partial charge in [-0.1, -0.05) is 15.9 Å². The van der Waals surface area contributed by atoms with E-state index in [0.717, 1.165) is 39.7 Å². The highest BCUT2D eigenvalue weighted by Gasteiger charge is 2.17. The number of aromatic nitrogens is 2. The summed E-state index contributed by atoms with van der Waals surface area (Å²) in [6.45, 7) is 2.09. The molecule has 3 heterocycles. The van der Waals surface area contributed by atoms with E-state index in [1.807, 2.05) is 36.5 Å². The van der Waals surface area contributed by atoms with Crippen LogP contribution in [-0.2, 0) is 11.3 Å². The Morgan fingerprint density at radius 3 is 2.96 bits per heavy atom. The summed E-state index contributed by atoms with van der Waals surface area (Å²) in [5.74, 6) is 0.650. The van der Waals surface area contributed by atoms with Crippen molar-refractivity contribution < 1.29 is 9.47 Å². The van der Waals surface area contributed by atoms with Crippen LogP contribution < -0.4 is 10.1 Å². The van der Waals surface area contributed by atoms with Crippen molar-refractivity contribution >= 4 is 32.5 Å². The quantitative estimate of drug-likeness (QED) is 0.697. The first-order chi connectivity index (χ1) is 12.3. The lowest BCUT2D eigenvalue weighted by molar-refractivity contribution is 0.138. The summed E-state index contributed by atoms with van der Waals surface area (Å²) >= 11 is 3.52. The number of hydrogen-bond acceptors (Lipinski definition) is 5. The number of halogens is 1. The molecule has 0 radical (unpaired) electrons. The summed E-state index contributed by atoms with van der Waals surface area (Å²) in [7, 11) is 0. The molecule has 1 atom stereocenters. The van der Waals surface area contributed by atoms with Gasteiger partial charge in [-0.2, -0.15) is 0 Å². The summed E-state index contributed by atoms with van der Waals surface area (Å²) in [5.41, 5.74) is 3.13. The summed E-state index contributed by atoms with van der Waals surface area (Å²) in [4.78, 5) is 8.70. The SMILES string of the molecule is Brc1ccc2nccc(NCc3ccnc(OC4CCOC4)c3)c2c1. The second-order valence-electron chi connectivity index (χ2n) is 5.98. The smallest absolute Gasteiger partial charge is 0.213 e. The van der Waals surface area contributed by atoms with E-state index in [0.29, 0.717) is 19.0 Å². The Labute approximate surface area is 154 Å². The lowest BCUT2D eigenvalue weighted by atomic mass is 10.2. The Balaban J connectivity index is 1.49. The molecule has 1 fully saturated rings. The highest BCUT2D eigenvalue weighted by atomic mass is 79.9. The maximum Gasteiger partial charge on any atom is 0.213 e. The molecule has 0 bridgehead atoms. The van der Waals surface area contributed by atoms with Crippen LogP contribution in [0.4, 0.5) is 5.69 Å². The maximum atomic E-state index is 5.87.